The largest absolute Gasteiger partial charge is 0.310 e. The summed E-state index contributed by atoms with van der Waals surface area (Å²) in [5, 5.41) is 3.63. The first-order valence-corrected chi connectivity index (χ1v) is 7.80. The van der Waals surface area contributed by atoms with Gasteiger partial charge < -0.3 is 5.32 Å². The van der Waals surface area contributed by atoms with Gasteiger partial charge in [-0.25, -0.2) is 0 Å². The third-order valence-electron chi connectivity index (χ3n) is 3.54. The molecule has 0 bridgehead atoms. The molecule has 0 aliphatic carbocycles. The van der Waals surface area contributed by atoms with Crippen LogP contribution in [0, 0.1) is 5.92 Å². The predicted octanol–water partition coefficient (Wildman–Crippen LogP) is 4.32. The van der Waals surface area contributed by atoms with Crippen molar-refractivity contribution in [3.8, 4) is 0 Å². The Morgan fingerprint density at radius 1 is 1.12 bits per heavy atom. The molecule has 0 fully saturated rings. The molecule has 1 rings (SSSR count). The van der Waals surface area contributed by atoms with E-state index in [4.69, 9.17) is 0 Å². The van der Waals surface area contributed by atoms with Gasteiger partial charge in [0.25, 0.3) is 0 Å². The lowest BCUT2D eigenvalue weighted by Crippen LogP contribution is -2.32. The van der Waals surface area contributed by atoms with Gasteiger partial charge >= 0.3 is 0 Å². The monoisotopic (exact) mass is 251 g/mol. The molecule has 0 saturated carbocycles. The standard InChI is InChI=1S/C15H25NS/c1-5-14(6-2)12(3)16-11-13-7-9-15(17-4)10-8-13/h7-10,12,14,16H,5-6,11H2,1-4H3. The molecule has 0 amide bonds. The molecule has 0 aliphatic heterocycles. The third-order valence-corrected chi connectivity index (χ3v) is 4.29. The highest BCUT2D eigenvalue weighted by atomic mass is 32.2. The van der Waals surface area contributed by atoms with Crippen LogP contribution in [-0.4, -0.2) is 12.3 Å². The van der Waals surface area contributed by atoms with Crippen LogP contribution in [-0.2, 0) is 6.54 Å². The first-order valence-electron chi connectivity index (χ1n) is 6.57. The summed E-state index contributed by atoms with van der Waals surface area (Å²) in [5.41, 5.74) is 1.38. The normalized spacial score (nSPS) is 13.0. The molecule has 2 heteroatoms. The quantitative estimate of drug-likeness (QED) is 0.724. The van der Waals surface area contributed by atoms with Crippen LogP contribution < -0.4 is 5.32 Å². The fourth-order valence-electron chi connectivity index (χ4n) is 2.18. The van der Waals surface area contributed by atoms with E-state index in [0.717, 1.165) is 12.5 Å². The number of hydrogen-bond donors (Lipinski definition) is 1. The van der Waals surface area contributed by atoms with E-state index in [1.54, 1.807) is 11.8 Å². The van der Waals surface area contributed by atoms with Crippen molar-refractivity contribution in [2.45, 2.75) is 51.1 Å². The van der Waals surface area contributed by atoms with Gasteiger partial charge in [0, 0.05) is 17.5 Å². The maximum Gasteiger partial charge on any atom is 0.0208 e. The average Bonchev–Trinajstić information content (AvgIpc) is 2.38. The molecule has 1 unspecified atom stereocenters. The van der Waals surface area contributed by atoms with Crippen molar-refractivity contribution in [3.05, 3.63) is 29.8 Å². The molecule has 0 aliphatic rings. The van der Waals surface area contributed by atoms with Crippen LogP contribution in [0.15, 0.2) is 29.2 Å². The second kappa shape index (κ2) is 7.78. The van der Waals surface area contributed by atoms with Gasteiger partial charge in [-0.15, -0.1) is 11.8 Å². The second-order valence-corrected chi connectivity index (χ2v) is 5.47. The molecule has 1 nitrogen and oxygen atoms in total. The third kappa shape index (κ3) is 4.72. The van der Waals surface area contributed by atoms with Crippen LogP contribution in [0.2, 0.25) is 0 Å². The Bertz CT molecular complexity index is 303. The first kappa shape index (κ1) is 14.6. The Kier molecular flexibility index (Phi) is 6.68. The van der Waals surface area contributed by atoms with Crippen molar-refractivity contribution in [2.24, 2.45) is 5.92 Å². The molecular weight excluding hydrogens is 226 g/mol. The molecule has 0 aromatic heterocycles. The lowest BCUT2D eigenvalue weighted by atomic mass is 9.95. The van der Waals surface area contributed by atoms with Crippen molar-refractivity contribution in [1.82, 2.24) is 5.32 Å². The highest BCUT2D eigenvalue weighted by molar-refractivity contribution is 7.98. The predicted molar refractivity (Wildman–Crippen MR) is 78.6 cm³/mol. The lowest BCUT2D eigenvalue weighted by Gasteiger charge is -2.22. The summed E-state index contributed by atoms with van der Waals surface area (Å²) >= 11 is 1.79. The molecule has 1 aromatic carbocycles. The van der Waals surface area contributed by atoms with E-state index in [-0.39, 0.29) is 0 Å². The van der Waals surface area contributed by atoms with Crippen LogP contribution in [0.4, 0.5) is 0 Å². The summed E-state index contributed by atoms with van der Waals surface area (Å²) in [6.45, 7) is 7.83. The average molecular weight is 251 g/mol. The summed E-state index contributed by atoms with van der Waals surface area (Å²) in [6.07, 6.45) is 4.63. The molecular formula is C15H25NS. The van der Waals surface area contributed by atoms with Crippen molar-refractivity contribution in [3.63, 3.8) is 0 Å². The minimum absolute atomic E-state index is 0.602. The summed E-state index contributed by atoms with van der Waals surface area (Å²) < 4.78 is 0. The number of benzene rings is 1. The van der Waals surface area contributed by atoms with Crippen LogP contribution >= 0.6 is 11.8 Å². The summed E-state index contributed by atoms with van der Waals surface area (Å²) in [6, 6.07) is 9.44. The topological polar surface area (TPSA) is 12.0 Å². The Hall–Kier alpha value is -0.470. The van der Waals surface area contributed by atoms with Crippen LogP contribution in [0.1, 0.15) is 39.2 Å². The maximum absolute atomic E-state index is 3.63. The molecule has 96 valence electrons. The van der Waals surface area contributed by atoms with Gasteiger partial charge in [0.05, 0.1) is 0 Å². The summed E-state index contributed by atoms with van der Waals surface area (Å²) in [4.78, 5) is 1.33. The SMILES string of the molecule is CCC(CC)C(C)NCc1ccc(SC)cc1. The molecule has 0 saturated heterocycles. The first-order chi connectivity index (χ1) is 8.21. The van der Waals surface area contributed by atoms with E-state index in [2.05, 4.69) is 56.6 Å². The number of hydrogen-bond acceptors (Lipinski definition) is 2. The number of thioether (sulfide) groups is 1. The Labute approximate surface area is 110 Å². The van der Waals surface area contributed by atoms with Gasteiger partial charge in [0.1, 0.15) is 0 Å². The summed E-state index contributed by atoms with van der Waals surface area (Å²) in [7, 11) is 0. The fraction of sp³-hybridized carbons (Fsp3) is 0.600. The smallest absolute Gasteiger partial charge is 0.0208 e. The Morgan fingerprint density at radius 3 is 2.18 bits per heavy atom. The molecule has 0 spiro atoms. The van der Waals surface area contributed by atoms with Gasteiger partial charge in [-0.1, -0.05) is 38.8 Å². The van der Waals surface area contributed by atoms with Crippen LogP contribution in [0.3, 0.4) is 0 Å². The zero-order valence-electron chi connectivity index (χ0n) is 11.5. The molecule has 0 heterocycles. The van der Waals surface area contributed by atoms with E-state index < -0.39 is 0 Å². The Morgan fingerprint density at radius 2 is 1.71 bits per heavy atom. The number of rotatable bonds is 7. The number of nitrogens with one attached hydrogen (secondary N) is 1. The minimum Gasteiger partial charge on any atom is -0.310 e. The van der Waals surface area contributed by atoms with Crippen molar-refractivity contribution < 1.29 is 0 Å². The van der Waals surface area contributed by atoms with E-state index in [1.165, 1.54) is 23.3 Å². The zero-order chi connectivity index (χ0) is 12.7. The fourth-order valence-corrected chi connectivity index (χ4v) is 2.59. The lowest BCUT2D eigenvalue weighted by molar-refractivity contribution is 0.353. The molecule has 1 atom stereocenters. The highest BCUT2D eigenvalue weighted by Crippen LogP contribution is 2.16. The minimum atomic E-state index is 0.602. The second-order valence-electron chi connectivity index (χ2n) is 4.59. The van der Waals surface area contributed by atoms with E-state index >= 15 is 0 Å². The zero-order valence-corrected chi connectivity index (χ0v) is 12.3. The van der Waals surface area contributed by atoms with Gasteiger partial charge in [0.2, 0.25) is 0 Å². The molecule has 1 aromatic rings. The summed E-state index contributed by atoms with van der Waals surface area (Å²) in [5.74, 6) is 0.792. The highest BCUT2D eigenvalue weighted by Gasteiger charge is 2.12. The Balaban J connectivity index is 2.43. The molecule has 17 heavy (non-hydrogen) atoms. The van der Waals surface area contributed by atoms with E-state index in [1.807, 2.05) is 0 Å². The van der Waals surface area contributed by atoms with Gasteiger partial charge in [-0.05, 0) is 36.8 Å². The van der Waals surface area contributed by atoms with Crippen LogP contribution in [0.25, 0.3) is 0 Å². The van der Waals surface area contributed by atoms with E-state index in [0.29, 0.717) is 6.04 Å². The van der Waals surface area contributed by atoms with Gasteiger partial charge in [0.15, 0.2) is 0 Å². The molecule has 1 N–H and O–H groups in total. The van der Waals surface area contributed by atoms with Gasteiger partial charge in [-0.3, -0.25) is 0 Å². The maximum atomic E-state index is 3.63. The van der Waals surface area contributed by atoms with E-state index in [9.17, 15) is 0 Å². The van der Waals surface area contributed by atoms with Crippen molar-refractivity contribution in [1.29, 1.82) is 0 Å². The van der Waals surface area contributed by atoms with Crippen molar-refractivity contribution >= 4 is 11.8 Å². The van der Waals surface area contributed by atoms with Crippen molar-refractivity contribution in [2.75, 3.05) is 6.26 Å². The molecule has 0 radical (unpaired) electrons. The van der Waals surface area contributed by atoms with Crippen LogP contribution in [0.5, 0.6) is 0 Å². The van der Waals surface area contributed by atoms with Gasteiger partial charge in [-0.2, -0.15) is 0 Å².